The van der Waals surface area contributed by atoms with Crippen molar-refractivity contribution in [3.63, 3.8) is 0 Å². The molecule has 1 aromatic carbocycles. The quantitative estimate of drug-likeness (QED) is 0.186. The van der Waals surface area contributed by atoms with Crippen molar-refractivity contribution in [1.82, 2.24) is 25.3 Å². The summed E-state index contributed by atoms with van der Waals surface area (Å²) in [5.41, 5.74) is 1.16. The second kappa shape index (κ2) is 20.4. The van der Waals surface area contributed by atoms with E-state index in [1.54, 1.807) is 32.9 Å². The Hall–Kier alpha value is -3.67. The number of carboxylic acid groups (broad SMARTS) is 1. The molecule has 0 aliphatic carbocycles. The molecular weight excluding hydrogens is 650 g/mol. The molecule has 0 saturated carbocycles. The van der Waals surface area contributed by atoms with E-state index in [2.05, 4.69) is 10.6 Å². The van der Waals surface area contributed by atoms with Gasteiger partial charge in [-0.25, -0.2) is 4.79 Å². The number of nitrogens with one attached hydrogen (secondary N) is 2. The lowest BCUT2D eigenvalue weighted by atomic mass is 9.89. The molecule has 3 N–H and O–H groups in total. The van der Waals surface area contributed by atoms with Gasteiger partial charge in [0.1, 0.15) is 12.1 Å². The number of nitrogens with zero attached hydrogens (tertiary/aromatic N) is 3. The molecule has 1 aliphatic heterocycles. The van der Waals surface area contributed by atoms with Gasteiger partial charge in [0, 0.05) is 45.8 Å². The van der Waals surface area contributed by atoms with Crippen molar-refractivity contribution in [2.45, 2.75) is 130 Å². The fourth-order valence-electron chi connectivity index (χ4n) is 7.36. The minimum absolute atomic E-state index is 0.0189. The van der Waals surface area contributed by atoms with Gasteiger partial charge in [0.15, 0.2) is 0 Å². The van der Waals surface area contributed by atoms with E-state index in [4.69, 9.17) is 4.74 Å². The molecular formula is C39H65N5O7. The van der Waals surface area contributed by atoms with Crippen LogP contribution in [-0.2, 0) is 30.3 Å². The zero-order valence-electron chi connectivity index (χ0n) is 32.8. The number of ether oxygens (including phenoxy) is 1. The van der Waals surface area contributed by atoms with Gasteiger partial charge in [0.25, 0.3) is 0 Å². The normalized spacial score (nSPS) is 18.7. The summed E-state index contributed by atoms with van der Waals surface area (Å²) in [6, 6.07) is 7.59. The van der Waals surface area contributed by atoms with Gasteiger partial charge in [-0.05, 0) is 55.9 Å². The van der Waals surface area contributed by atoms with Crippen LogP contribution in [0.3, 0.4) is 0 Å². The van der Waals surface area contributed by atoms with Gasteiger partial charge in [0.05, 0.1) is 18.6 Å². The van der Waals surface area contributed by atoms with Gasteiger partial charge in [-0.3, -0.25) is 24.1 Å². The number of likely N-dealkylation sites (tertiary alicyclic amines) is 1. The zero-order valence-corrected chi connectivity index (χ0v) is 32.8. The Bertz CT molecular complexity index is 1290. The molecule has 1 aliphatic rings. The SMILES string of the molecule is CC[C@H](C)[C@@H]([C@@H](CC(=O)N1CCC[C@H]1C[C@@H](C)C(=O)N[C@H](C)Cc1ccccc1)OC)N(C)C(=O)[C@@H](NC(=O)[C@H](C(C)C)N(C)C(=O)O)C(C)C. The Morgan fingerprint density at radius 2 is 1.55 bits per heavy atom. The third-order valence-corrected chi connectivity index (χ3v) is 10.5. The first-order valence-corrected chi connectivity index (χ1v) is 18.6. The summed E-state index contributed by atoms with van der Waals surface area (Å²) in [7, 11) is 4.57. The highest BCUT2D eigenvalue weighted by atomic mass is 16.5. The lowest BCUT2D eigenvalue weighted by Crippen LogP contribution is -2.60. The number of carbonyl (C=O) groups is 5. The van der Waals surface area contributed by atoms with E-state index in [1.165, 1.54) is 7.05 Å². The smallest absolute Gasteiger partial charge is 0.407 e. The van der Waals surface area contributed by atoms with Crippen molar-refractivity contribution < 1.29 is 33.8 Å². The van der Waals surface area contributed by atoms with Gasteiger partial charge in [-0.1, -0.05) is 85.2 Å². The number of rotatable bonds is 19. The number of hydrogen-bond acceptors (Lipinski definition) is 6. The molecule has 0 spiro atoms. The van der Waals surface area contributed by atoms with Crippen LogP contribution in [0.5, 0.6) is 0 Å². The molecule has 12 nitrogen and oxygen atoms in total. The monoisotopic (exact) mass is 715 g/mol. The molecule has 1 heterocycles. The molecule has 1 fully saturated rings. The van der Waals surface area contributed by atoms with Gasteiger partial charge in [-0.15, -0.1) is 0 Å². The predicted molar refractivity (Wildman–Crippen MR) is 199 cm³/mol. The van der Waals surface area contributed by atoms with E-state index in [-0.39, 0.29) is 59.9 Å². The van der Waals surface area contributed by atoms with Crippen LogP contribution in [-0.4, -0.2) is 114 Å². The van der Waals surface area contributed by atoms with Crippen molar-refractivity contribution in [3.05, 3.63) is 35.9 Å². The second-order valence-electron chi connectivity index (χ2n) is 15.2. The molecule has 8 atom stereocenters. The lowest BCUT2D eigenvalue weighted by molar-refractivity contribution is -0.146. The van der Waals surface area contributed by atoms with Crippen LogP contribution in [0.25, 0.3) is 0 Å². The van der Waals surface area contributed by atoms with Crippen molar-refractivity contribution in [3.8, 4) is 0 Å². The highest BCUT2D eigenvalue weighted by Crippen LogP contribution is 2.28. The molecule has 1 saturated heterocycles. The van der Waals surface area contributed by atoms with E-state index in [0.717, 1.165) is 36.1 Å². The molecule has 1 aromatic rings. The van der Waals surface area contributed by atoms with Gasteiger partial charge in [-0.2, -0.15) is 0 Å². The first kappa shape index (κ1) is 43.5. The largest absolute Gasteiger partial charge is 0.465 e. The van der Waals surface area contributed by atoms with E-state index in [0.29, 0.717) is 13.0 Å². The number of amides is 5. The summed E-state index contributed by atoms with van der Waals surface area (Å²) < 4.78 is 5.97. The van der Waals surface area contributed by atoms with Crippen molar-refractivity contribution in [2.75, 3.05) is 27.7 Å². The highest BCUT2D eigenvalue weighted by molar-refractivity contribution is 5.91. The first-order valence-electron chi connectivity index (χ1n) is 18.6. The van der Waals surface area contributed by atoms with Crippen molar-refractivity contribution in [1.29, 1.82) is 0 Å². The number of carbonyl (C=O) groups excluding carboxylic acids is 4. The van der Waals surface area contributed by atoms with E-state index in [9.17, 15) is 29.1 Å². The molecule has 51 heavy (non-hydrogen) atoms. The van der Waals surface area contributed by atoms with E-state index < -0.39 is 36.2 Å². The first-order chi connectivity index (χ1) is 23.9. The van der Waals surface area contributed by atoms with Crippen molar-refractivity contribution in [2.24, 2.45) is 23.7 Å². The second-order valence-corrected chi connectivity index (χ2v) is 15.2. The Labute approximate surface area is 306 Å². The third-order valence-electron chi connectivity index (χ3n) is 10.5. The van der Waals surface area contributed by atoms with E-state index >= 15 is 0 Å². The molecule has 12 heteroatoms. The average Bonchev–Trinajstić information content (AvgIpc) is 3.54. The topological polar surface area (TPSA) is 149 Å². The Balaban J connectivity index is 2.17. The fraction of sp³-hybridized carbons (Fsp3) is 0.718. The van der Waals surface area contributed by atoms with Crippen LogP contribution in [0.2, 0.25) is 0 Å². The Kier molecular flexibility index (Phi) is 17.4. The standard InChI is InChI=1S/C39H65N5O7/c1-12-26(6)35(42(9)38(48)33(24(2)3)41-37(47)34(25(4)5)43(10)39(49)50)31(51-11)23-32(45)44-20-16-19-30(44)21-27(7)36(46)40-28(8)22-29-17-14-13-15-18-29/h13-15,17-18,24-28,30-31,33-35H,12,16,19-23H2,1-11H3,(H,40,46)(H,41,47)(H,49,50)/t26-,27+,28+,30-,31+,33-,34-,35-/m0/s1. The van der Waals surface area contributed by atoms with E-state index in [1.807, 2.05) is 76.8 Å². The molecule has 2 rings (SSSR count). The van der Waals surface area contributed by atoms with Crippen LogP contribution >= 0.6 is 0 Å². The summed E-state index contributed by atoms with van der Waals surface area (Å²) >= 11 is 0. The molecule has 0 radical (unpaired) electrons. The Morgan fingerprint density at radius 3 is 2.08 bits per heavy atom. The van der Waals surface area contributed by atoms with Gasteiger partial charge < -0.3 is 30.3 Å². The lowest BCUT2D eigenvalue weighted by Gasteiger charge is -2.40. The predicted octanol–water partition coefficient (Wildman–Crippen LogP) is 4.80. The molecule has 288 valence electrons. The minimum atomic E-state index is -1.23. The highest BCUT2D eigenvalue weighted by Gasteiger charge is 2.41. The summed E-state index contributed by atoms with van der Waals surface area (Å²) in [6.07, 6.45) is 1.90. The summed E-state index contributed by atoms with van der Waals surface area (Å²) in [5.74, 6) is -1.90. The molecule has 0 aromatic heterocycles. The third kappa shape index (κ3) is 12.2. The number of hydrogen-bond donors (Lipinski definition) is 3. The number of methoxy groups -OCH3 is 1. The maximum Gasteiger partial charge on any atom is 0.407 e. The van der Waals surface area contributed by atoms with Gasteiger partial charge >= 0.3 is 6.09 Å². The Morgan fingerprint density at radius 1 is 0.922 bits per heavy atom. The maximum absolute atomic E-state index is 14.1. The van der Waals surface area contributed by atoms with Crippen LogP contribution < -0.4 is 10.6 Å². The molecule has 0 unspecified atom stereocenters. The summed E-state index contributed by atoms with van der Waals surface area (Å²) in [5, 5.41) is 15.5. The fourth-order valence-corrected chi connectivity index (χ4v) is 7.36. The maximum atomic E-state index is 14.1. The zero-order chi connectivity index (χ0) is 38.6. The van der Waals surface area contributed by atoms with Crippen LogP contribution in [0.4, 0.5) is 4.79 Å². The molecule has 0 bridgehead atoms. The minimum Gasteiger partial charge on any atom is -0.465 e. The van der Waals surface area contributed by atoms with Crippen LogP contribution in [0, 0.1) is 23.7 Å². The summed E-state index contributed by atoms with van der Waals surface area (Å²) in [4.78, 5) is 70.8. The summed E-state index contributed by atoms with van der Waals surface area (Å²) in [6.45, 7) is 15.7. The van der Waals surface area contributed by atoms with Crippen molar-refractivity contribution >= 4 is 29.7 Å². The van der Waals surface area contributed by atoms with Crippen LogP contribution in [0.1, 0.15) is 93.1 Å². The number of benzene rings is 1. The van der Waals surface area contributed by atoms with Crippen LogP contribution in [0.15, 0.2) is 30.3 Å². The average molecular weight is 716 g/mol. The molecule has 5 amide bonds. The van der Waals surface area contributed by atoms with Gasteiger partial charge in [0.2, 0.25) is 23.6 Å². The number of likely N-dealkylation sites (N-methyl/N-ethyl adjacent to an activating group) is 2.